The fourth-order valence-electron chi connectivity index (χ4n) is 2.96. The minimum Gasteiger partial charge on any atom is -0.301 e. The highest BCUT2D eigenvalue weighted by atomic mass is 79.9. The number of amides is 1. The van der Waals surface area contributed by atoms with Gasteiger partial charge in [-0.1, -0.05) is 33.3 Å². The Morgan fingerprint density at radius 1 is 1.35 bits per heavy atom. The first kappa shape index (κ1) is 18.1. The molecule has 3 aromatic rings. The maximum atomic E-state index is 12.8. The van der Waals surface area contributed by atoms with Crippen molar-refractivity contribution in [2.24, 2.45) is 0 Å². The summed E-state index contributed by atoms with van der Waals surface area (Å²) in [5.74, 6) is -0.333. The lowest BCUT2D eigenvalue weighted by atomic mass is 10.2. The number of carbonyl (C=O) groups excluding carboxylic acids is 1. The van der Waals surface area contributed by atoms with Crippen LogP contribution in [0.2, 0.25) is 0 Å². The Kier molecular flexibility index (Phi) is 4.86. The van der Waals surface area contributed by atoms with Crippen LogP contribution in [-0.2, 0) is 14.8 Å². The van der Waals surface area contributed by atoms with Crippen molar-refractivity contribution in [2.45, 2.75) is 23.1 Å². The standard InChI is InChI=1S/C16H14BrN3O3S3/c17-10-5-6-11-13(9-10)25-16(18-11)19-15(21)12-3-1-7-20(12)26(22,23)14-4-2-8-24-14/h2,4-6,8-9,12H,1,3,7H2,(H,18,19,21)/t12-/m1/s1. The minimum absolute atomic E-state index is 0.266. The van der Waals surface area contributed by atoms with Crippen LogP contribution in [0.5, 0.6) is 0 Å². The van der Waals surface area contributed by atoms with Gasteiger partial charge in [-0.3, -0.25) is 4.79 Å². The van der Waals surface area contributed by atoms with Crippen LogP contribution in [-0.4, -0.2) is 36.2 Å². The lowest BCUT2D eigenvalue weighted by Crippen LogP contribution is -2.42. The fraction of sp³-hybridized carbons (Fsp3) is 0.250. The van der Waals surface area contributed by atoms with Gasteiger partial charge in [0.2, 0.25) is 5.91 Å². The van der Waals surface area contributed by atoms with Crippen LogP contribution in [0.1, 0.15) is 12.8 Å². The van der Waals surface area contributed by atoms with E-state index in [4.69, 9.17) is 0 Å². The Morgan fingerprint density at radius 3 is 2.96 bits per heavy atom. The van der Waals surface area contributed by atoms with E-state index in [1.165, 1.54) is 15.6 Å². The zero-order valence-electron chi connectivity index (χ0n) is 13.4. The molecule has 1 atom stereocenters. The van der Waals surface area contributed by atoms with Crippen molar-refractivity contribution in [3.05, 3.63) is 40.2 Å². The molecule has 0 radical (unpaired) electrons. The maximum Gasteiger partial charge on any atom is 0.253 e. The molecule has 1 amide bonds. The number of rotatable bonds is 4. The molecule has 2 aromatic heterocycles. The Bertz CT molecular complexity index is 1060. The molecular formula is C16H14BrN3O3S3. The van der Waals surface area contributed by atoms with Crippen LogP contribution >= 0.6 is 38.6 Å². The van der Waals surface area contributed by atoms with Crippen molar-refractivity contribution in [3.63, 3.8) is 0 Å². The molecule has 1 N–H and O–H groups in total. The molecule has 1 aliphatic rings. The Labute approximate surface area is 167 Å². The molecule has 1 aromatic carbocycles. The first-order valence-corrected chi connectivity index (χ1v) is 11.8. The third kappa shape index (κ3) is 3.31. The molecule has 6 nitrogen and oxygen atoms in total. The van der Waals surface area contributed by atoms with Crippen molar-refractivity contribution >= 4 is 69.9 Å². The van der Waals surface area contributed by atoms with E-state index >= 15 is 0 Å². The largest absolute Gasteiger partial charge is 0.301 e. The SMILES string of the molecule is O=C(Nc1nc2ccc(Br)cc2s1)[C@H]1CCCN1S(=O)(=O)c1cccs1. The van der Waals surface area contributed by atoms with Gasteiger partial charge in [0.1, 0.15) is 10.3 Å². The van der Waals surface area contributed by atoms with Crippen LogP contribution in [0.25, 0.3) is 10.2 Å². The van der Waals surface area contributed by atoms with Gasteiger partial charge in [-0.2, -0.15) is 4.31 Å². The number of thiophene rings is 1. The molecule has 1 aliphatic heterocycles. The van der Waals surface area contributed by atoms with Gasteiger partial charge >= 0.3 is 0 Å². The molecule has 26 heavy (non-hydrogen) atoms. The summed E-state index contributed by atoms with van der Waals surface area (Å²) in [5, 5.41) is 4.99. The number of hydrogen-bond donors (Lipinski definition) is 1. The lowest BCUT2D eigenvalue weighted by molar-refractivity contribution is -0.119. The Balaban J connectivity index is 1.56. The third-order valence-electron chi connectivity index (χ3n) is 4.14. The van der Waals surface area contributed by atoms with Gasteiger partial charge < -0.3 is 5.32 Å². The normalized spacial score (nSPS) is 18.4. The second-order valence-corrected chi connectivity index (χ2v) is 10.8. The number of carbonyl (C=O) groups is 1. The maximum absolute atomic E-state index is 12.8. The van der Waals surface area contributed by atoms with Gasteiger partial charge in [-0.15, -0.1) is 11.3 Å². The van der Waals surface area contributed by atoms with Crippen molar-refractivity contribution in [1.29, 1.82) is 0 Å². The van der Waals surface area contributed by atoms with Gasteiger partial charge in [-0.25, -0.2) is 13.4 Å². The highest BCUT2D eigenvalue weighted by Crippen LogP contribution is 2.31. The Morgan fingerprint density at radius 2 is 2.19 bits per heavy atom. The quantitative estimate of drug-likeness (QED) is 0.625. The smallest absolute Gasteiger partial charge is 0.253 e. The third-order valence-corrected chi connectivity index (χ3v) is 8.85. The van der Waals surface area contributed by atoms with E-state index in [9.17, 15) is 13.2 Å². The van der Waals surface area contributed by atoms with Crippen molar-refractivity contribution in [3.8, 4) is 0 Å². The van der Waals surface area contributed by atoms with E-state index in [0.29, 0.717) is 24.5 Å². The number of benzene rings is 1. The predicted octanol–water partition coefficient (Wildman–Crippen LogP) is 3.91. The summed E-state index contributed by atoms with van der Waals surface area (Å²) in [5.41, 5.74) is 0.794. The highest BCUT2D eigenvalue weighted by Gasteiger charge is 2.40. The number of anilines is 1. The molecule has 0 unspecified atom stereocenters. The molecule has 4 rings (SSSR count). The zero-order chi connectivity index (χ0) is 18.3. The van der Waals surface area contributed by atoms with E-state index in [2.05, 4.69) is 26.2 Å². The summed E-state index contributed by atoms with van der Waals surface area (Å²) in [6, 6.07) is 8.25. The van der Waals surface area contributed by atoms with Gasteiger partial charge in [-0.05, 0) is 42.5 Å². The zero-order valence-corrected chi connectivity index (χ0v) is 17.4. The average molecular weight is 472 g/mol. The molecule has 3 heterocycles. The number of nitrogens with zero attached hydrogens (tertiary/aromatic N) is 2. The number of sulfonamides is 1. The second kappa shape index (κ2) is 7.01. The number of fused-ring (bicyclic) bond motifs is 1. The first-order valence-electron chi connectivity index (χ1n) is 7.87. The predicted molar refractivity (Wildman–Crippen MR) is 107 cm³/mol. The summed E-state index contributed by atoms with van der Waals surface area (Å²) in [7, 11) is -3.64. The van der Waals surface area contributed by atoms with Gasteiger partial charge in [0.15, 0.2) is 5.13 Å². The average Bonchev–Trinajstić information content (AvgIpc) is 3.34. The molecule has 0 spiro atoms. The van der Waals surface area contributed by atoms with Crippen LogP contribution in [0, 0.1) is 0 Å². The molecule has 136 valence electrons. The van der Waals surface area contributed by atoms with Crippen LogP contribution in [0.15, 0.2) is 44.4 Å². The number of hydrogen-bond acceptors (Lipinski definition) is 6. The van der Waals surface area contributed by atoms with E-state index < -0.39 is 16.1 Å². The van der Waals surface area contributed by atoms with Crippen molar-refractivity contribution in [2.75, 3.05) is 11.9 Å². The monoisotopic (exact) mass is 471 g/mol. The molecule has 0 bridgehead atoms. The van der Waals surface area contributed by atoms with E-state index in [-0.39, 0.29) is 10.1 Å². The molecule has 0 saturated carbocycles. The summed E-state index contributed by atoms with van der Waals surface area (Å²) in [4.78, 5) is 17.1. The lowest BCUT2D eigenvalue weighted by Gasteiger charge is -2.22. The topological polar surface area (TPSA) is 79.4 Å². The van der Waals surface area contributed by atoms with E-state index in [0.717, 1.165) is 26.0 Å². The van der Waals surface area contributed by atoms with Crippen molar-refractivity contribution < 1.29 is 13.2 Å². The summed E-state index contributed by atoms with van der Waals surface area (Å²) in [6.07, 6.45) is 1.17. The second-order valence-electron chi connectivity index (χ2n) is 5.83. The molecule has 1 fully saturated rings. The number of aromatic nitrogens is 1. The van der Waals surface area contributed by atoms with Crippen LogP contribution in [0.4, 0.5) is 5.13 Å². The summed E-state index contributed by atoms with van der Waals surface area (Å²) < 4.78 is 29.0. The van der Waals surface area contributed by atoms with E-state index in [1.807, 2.05) is 18.2 Å². The van der Waals surface area contributed by atoms with Gasteiger partial charge in [0.25, 0.3) is 10.0 Å². The Hall–Kier alpha value is -1.33. The number of thiazole rings is 1. The first-order chi connectivity index (χ1) is 12.4. The molecule has 0 aliphatic carbocycles. The van der Waals surface area contributed by atoms with Gasteiger partial charge in [0, 0.05) is 11.0 Å². The summed E-state index contributed by atoms with van der Waals surface area (Å²) in [6.45, 7) is 0.352. The number of halogens is 1. The highest BCUT2D eigenvalue weighted by molar-refractivity contribution is 9.10. The van der Waals surface area contributed by atoms with Crippen LogP contribution < -0.4 is 5.32 Å². The molecule has 1 saturated heterocycles. The molecule has 10 heteroatoms. The molecular weight excluding hydrogens is 458 g/mol. The number of nitrogens with one attached hydrogen (secondary N) is 1. The van der Waals surface area contributed by atoms with Crippen molar-refractivity contribution in [1.82, 2.24) is 9.29 Å². The van der Waals surface area contributed by atoms with Crippen LogP contribution in [0.3, 0.4) is 0 Å². The fourth-order valence-corrected chi connectivity index (χ4v) is 7.15. The van der Waals surface area contributed by atoms with Gasteiger partial charge in [0.05, 0.1) is 10.2 Å². The minimum atomic E-state index is -3.64. The van der Waals surface area contributed by atoms with E-state index in [1.54, 1.807) is 17.5 Å². The summed E-state index contributed by atoms with van der Waals surface area (Å²) >= 11 is 5.94.